The fourth-order valence-electron chi connectivity index (χ4n) is 2.52. The number of hydrogen-bond donors (Lipinski definition) is 1. The lowest BCUT2D eigenvalue weighted by molar-refractivity contribution is -0.122. The lowest BCUT2D eigenvalue weighted by atomic mass is 10.1. The molecule has 0 saturated carbocycles. The van der Waals surface area contributed by atoms with E-state index < -0.39 is 17.8 Å². The second-order valence-electron chi connectivity index (χ2n) is 5.43. The van der Waals surface area contributed by atoms with E-state index in [1.54, 1.807) is 55.1 Å². The number of anilines is 1. The highest BCUT2D eigenvalue weighted by atomic mass is 79.9. The van der Waals surface area contributed by atoms with Crippen LogP contribution in [0, 0.1) is 6.92 Å². The minimum atomic E-state index is -0.751. The molecule has 0 spiro atoms. The molecule has 122 valence electrons. The summed E-state index contributed by atoms with van der Waals surface area (Å²) in [6.45, 7) is 1.79. The third-order valence-electron chi connectivity index (χ3n) is 3.78. The number of barbiturate groups is 1. The Morgan fingerprint density at radius 2 is 1.92 bits per heavy atom. The fraction of sp³-hybridized carbons (Fsp3) is 0.118. The fourth-order valence-corrected chi connectivity index (χ4v) is 2.99. The molecule has 1 aromatic carbocycles. The van der Waals surface area contributed by atoms with E-state index in [1.807, 2.05) is 0 Å². The Balaban J connectivity index is 2.06. The molecule has 1 aromatic heterocycles. The summed E-state index contributed by atoms with van der Waals surface area (Å²) in [5.41, 5.74) is 1.78. The van der Waals surface area contributed by atoms with Crippen molar-refractivity contribution in [1.29, 1.82) is 0 Å². The number of amides is 4. The number of hydrogen-bond acceptors (Lipinski definition) is 3. The molecular weight excluding hydrogens is 374 g/mol. The van der Waals surface area contributed by atoms with E-state index in [2.05, 4.69) is 21.2 Å². The van der Waals surface area contributed by atoms with Gasteiger partial charge < -0.3 is 4.57 Å². The van der Waals surface area contributed by atoms with Gasteiger partial charge in [-0.05, 0) is 48.9 Å². The Bertz CT molecular complexity index is 898. The summed E-state index contributed by atoms with van der Waals surface area (Å²) in [7, 11) is 1.80. The molecule has 0 radical (unpaired) electrons. The number of carbonyl (C=O) groups excluding carboxylic acids is 3. The highest BCUT2D eigenvalue weighted by Crippen LogP contribution is 2.27. The SMILES string of the molecule is Cc1cc(Br)ccc1N1C(=O)NC(=O)/C(=C\c2cccn2C)C1=O. The average Bonchev–Trinajstić information content (AvgIpc) is 2.90. The lowest BCUT2D eigenvalue weighted by Gasteiger charge is -2.27. The smallest absolute Gasteiger partial charge is 0.335 e. The zero-order chi connectivity index (χ0) is 17.4. The van der Waals surface area contributed by atoms with Gasteiger partial charge in [0.2, 0.25) is 0 Å². The number of nitrogens with one attached hydrogen (secondary N) is 1. The normalized spacial score (nSPS) is 16.7. The number of nitrogens with zero attached hydrogens (tertiary/aromatic N) is 2. The Morgan fingerprint density at radius 3 is 2.54 bits per heavy atom. The number of imide groups is 2. The molecule has 2 heterocycles. The van der Waals surface area contributed by atoms with Crippen LogP contribution in [0.3, 0.4) is 0 Å². The van der Waals surface area contributed by atoms with Crippen LogP contribution in [0.4, 0.5) is 10.5 Å². The van der Waals surface area contributed by atoms with Crippen molar-refractivity contribution < 1.29 is 14.4 Å². The molecule has 7 heteroatoms. The van der Waals surface area contributed by atoms with E-state index in [9.17, 15) is 14.4 Å². The van der Waals surface area contributed by atoms with E-state index in [0.717, 1.165) is 14.9 Å². The first-order valence-corrected chi connectivity index (χ1v) is 7.96. The van der Waals surface area contributed by atoms with Gasteiger partial charge in [0.25, 0.3) is 11.8 Å². The molecule has 0 unspecified atom stereocenters. The zero-order valence-electron chi connectivity index (χ0n) is 13.0. The number of aromatic nitrogens is 1. The van der Waals surface area contributed by atoms with Gasteiger partial charge in [0.05, 0.1) is 5.69 Å². The third-order valence-corrected chi connectivity index (χ3v) is 4.27. The van der Waals surface area contributed by atoms with Crippen molar-refractivity contribution in [2.75, 3.05) is 4.90 Å². The molecule has 2 aromatic rings. The van der Waals surface area contributed by atoms with Crippen LogP contribution in [0.2, 0.25) is 0 Å². The topological polar surface area (TPSA) is 71.4 Å². The van der Waals surface area contributed by atoms with Crippen LogP contribution in [0.15, 0.2) is 46.6 Å². The summed E-state index contributed by atoms with van der Waals surface area (Å²) in [6, 6.07) is 8.03. The van der Waals surface area contributed by atoms with Crippen LogP contribution in [0.25, 0.3) is 6.08 Å². The van der Waals surface area contributed by atoms with Gasteiger partial charge in [-0.15, -0.1) is 0 Å². The average molecular weight is 388 g/mol. The maximum absolute atomic E-state index is 12.8. The standard InChI is InChI=1S/C17H14BrN3O3/c1-10-8-11(18)5-6-14(10)21-16(23)13(15(22)19-17(21)24)9-12-4-3-7-20(12)2/h3-9H,1-2H3,(H,19,22,24)/b13-9+. The van der Waals surface area contributed by atoms with Crippen molar-refractivity contribution in [2.24, 2.45) is 7.05 Å². The molecule has 0 bridgehead atoms. The highest BCUT2D eigenvalue weighted by molar-refractivity contribution is 9.10. The number of benzene rings is 1. The maximum Gasteiger partial charge on any atom is 0.335 e. The molecule has 1 N–H and O–H groups in total. The molecule has 0 atom stereocenters. The van der Waals surface area contributed by atoms with E-state index in [1.165, 1.54) is 6.08 Å². The first kappa shape index (κ1) is 16.2. The van der Waals surface area contributed by atoms with E-state index in [-0.39, 0.29) is 5.57 Å². The molecule has 6 nitrogen and oxygen atoms in total. The molecule has 4 amide bonds. The second kappa shape index (κ2) is 6.09. The summed E-state index contributed by atoms with van der Waals surface area (Å²) < 4.78 is 2.61. The van der Waals surface area contributed by atoms with Crippen LogP contribution in [0.5, 0.6) is 0 Å². The van der Waals surface area contributed by atoms with Gasteiger partial charge in [-0.1, -0.05) is 15.9 Å². The van der Waals surface area contributed by atoms with Crippen molar-refractivity contribution in [3.63, 3.8) is 0 Å². The maximum atomic E-state index is 12.8. The van der Waals surface area contributed by atoms with Gasteiger partial charge >= 0.3 is 6.03 Å². The highest BCUT2D eigenvalue weighted by Gasteiger charge is 2.37. The summed E-state index contributed by atoms with van der Waals surface area (Å²) in [4.78, 5) is 38.1. The van der Waals surface area contributed by atoms with Crippen LogP contribution < -0.4 is 10.2 Å². The van der Waals surface area contributed by atoms with Crippen LogP contribution >= 0.6 is 15.9 Å². The molecule has 3 rings (SSSR count). The number of halogens is 1. The van der Waals surface area contributed by atoms with Crippen molar-refractivity contribution >= 4 is 45.5 Å². The van der Waals surface area contributed by atoms with E-state index >= 15 is 0 Å². The van der Waals surface area contributed by atoms with Crippen LogP contribution in [-0.2, 0) is 16.6 Å². The first-order chi connectivity index (χ1) is 11.4. The Hall–Kier alpha value is -2.67. The Labute approximate surface area is 146 Å². The van der Waals surface area contributed by atoms with Crippen molar-refractivity contribution in [3.8, 4) is 0 Å². The summed E-state index contributed by atoms with van der Waals surface area (Å²) in [5, 5.41) is 2.22. The summed E-state index contributed by atoms with van der Waals surface area (Å²) >= 11 is 3.35. The van der Waals surface area contributed by atoms with Crippen LogP contribution in [0.1, 0.15) is 11.3 Å². The molecule has 1 fully saturated rings. The number of carbonyl (C=O) groups is 3. The van der Waals surface area contributed by atoms with E-state index in [0.29, 0.717) is 11.4 Å². The number of aryl methyl sites for hydroxylation is 2. The Morgan fingerprint density at radius 1 is 1.17 bits per heavy atom. The number of urea groups is 1. The van der Waals surface area contributed by atoms with Gasteiger partial charge in [-0.2, -0.15) is 0 Å². The first-order valence-electron chi connectivity index (χ1n) is 7.17. The second-order valence-corrected chi connectivity index (χ2v) is 6.35. The summed E-state index contributed by atoms with van der Waals surface area (Å²) in [5.74, 6) is -1.34. The molecule has 1 aliphatic rings. The zero-order valence-corrected chi connectivity index (χ0v) is 14.6. The lowest BCUT2D eigenvalue weighted by Crippen LogP contribution is -2.54. The Kier molecular flexibility index (Phi) is 4.11. The molecule has 1 saturated heterocycles. The molecular formula is C17H14BrN3O3. The quantitative estimate of drug-likeness (QED) is 0.635. The van der Waals surface area contributed by atoms with Gasteiger partial charge in [-0.3, -0.25) is 14.9 Å². The van der Waals surface area contributed by atoms with Crippen molar-refractivity contribution in [1.82, 2.24) is 9.88 Å². The van der Waals surface area contributed by atoms with Gasteiger partial charge in [0.1, 0.15) is 5.57 Å². The van der Waals surface area contributed by atoms with Crippen molar-refractivity contribution in [3.05, 3.63) is 57.8 Å². The molecule has 1 aliphatic heterocycles. The number of rotatable bonds is 2. The predicted octanol–water partition coefficient (Wildman–Crippen LogP) is 2.76. The molecule has 0 aliphatic carbocycles. The van der Waals surface area contributed by atoms with Crippen molar-refractivity contribution in [2.45, 2.75) is 6.92 Å². The van der Waals surface area contributed by atoms with Gasteiger partial charge in [-0.25, -0.2) is 9.69 Å². The van der Waals surface area contributed by atoms with Gasteiger partial charge in [0.15, 0.2) is 0 Å². The minimum Gasteiger partial charge on any atom is -0.351 e. The van der Waals surface area contributed by atoms with E-state index in [4.69, 9.17) is 0 Å². The van der Waals surface area contributed by atoms with Crippen LogP contribution in [-0.4, -0.2) is 22.4 Å². The summed E-state index contributed by atoms with van der Waals surface area (Å²) in [6.07, 6.45) is 3.28. The monoisotopic (exact) mass is 387 g/mol. The largest absolute Gasteiger partial charge is 0.351 e. The van der Waals surface area contributed by atoms with Gasteiger partial charge in [0, 0.05) is 23.4 Å². The predicted molar refractivity (Wildman–Crippen MR) is 93.3 cm³/mol. The molecule has 24 heavy (non-hydrogen) atoms. The third kappa shape index (κ3) is 2.78. The minimum absolute atomic E-state index is 0.0845.